The van der Waals surface area contributed by atoms with E-state index in [1.807, 2.05) is 6.92 Å². The van der Waals surface area contributed by atoms with Crippen LogP contribution in [0.15, 0.2) is 23.5 Å². The lowest BCUT2D eigenvalue weighted by molar-refractivity contribution is 0.234. The second-order valence-electron chi connectivity index (χ2n) is 2.45. The highest BCUT2D eigenvalue weighted by atomic mass is 16.5. The Hall–Kier alpha value is -0.800. The van der Waals surface area contributed by atoms with Gasteiger partial charge in [0.1, 0.15) is 5.76 Å². The van der Waals surface area contributed by atoms with Crippen LogP contribution in [0.25, 0.3) is 0 Å². The zero-order valence-electron chi connectivity index (χ0n) is 7.74. The number of methoxy groups -OCH3 is 1. The molecular weight excluding hydrogens is 156 g/mol. The number of hydrogen-bond acceptors (Lipinski definition) is 3. The zero-order chi connectivity index (χ0) is 9.56. The van der Waals surface area contributed by atoms with Crippen LogP contribution in [0.2, 0.25) is 0 Å². The average Bonchev–Trinajstić information content (AvgIpc) is 2.04. The summed E-state index contributed by atoms with van der Waals surface area (Å²) < 4.78 is 4.98. The summed E-state index contributed by atoms with van der Waals surface area (Å²) in [6, 6.07) is 0. The Kier molecular flexibility index (Phi) is 5.41. The van der Waals surface area contributed by atoms with Gasteiger partial charge < -0.3 is 14.9 Å². The predicted octanol–water partition coefficient (Wildman–Crippen LogP) is 0.836. The summed E-state index contributed by atoms with van der Waals surface area (Å²) in [6.07, 6.45) is 2.72. The molecule has 0 radical (unpaired) electrons. The van der Waals surface area contributed by atoms with Gasteiger partial charge in [-0.3, -0.25) is 0 Å². The Morgan fingerprint density at radius 1 is 1.58 bits per heavy atom. The van der Waals surface area contributed by atoms with E-state index in [2.05, 4.69) is 0 Å². The van der Waals surface area contributed by atoms with E-state index in [-0.39, 0.29) is 6.61 Å². The Bertz CT molecular complexity index is 180. The van der Waals surface area contributed by atoms with E-state index in [0.717, 1.165) is 0 Å². The van der Waals surface area contributed by atoms with Crippen LogP contribution < -0.4 is 0 Å². The van der Waals surface area contributed by atoms with Gasteiger partial charge in [-0.15, -0.1) is 0 Å². The van der Waals surface area contributed by atoms with Crippen molar-refractivity contribution in [2.75, 3.05) is 13.7 Å². The molecule has 0 aliphatic carbocycles. The van der Waals surface area contributed by atoms with Crippen LogP contribution >= 0.6 is 0 Å². The lowest BCUT2D eigenvalue weighted by Crippen LogP contribution is -2.03. The van der Waals surface area contributed by atoms with Gasteiger partial charge in [0, 0.05) is 5.57 Å². The van der Waals surface area contributed by atoms with Crippen molar-refractivity contribution < 1.29 is 14.9 Å². The lowest BCUT2D eigenvalue weighted by atomic mass is 10.1. The van der Waals surface area contributed by atoms with Gasteiger partial charge in [0.2, 0.25) is 0 Å². The summed E-state index contributed by atoms with van der Waals surface area (Å²) in [5, 5.41) is 17.9. The Morgan fingerprint density at radius 3 is 2.42 bits per heavy atom. The van der Waals surface area contributed by atoms with Crippen LogP contribution in [-0.2, 0) is 4.74 Å². The topological polar surface area (TPSA) is 49.7 Å². The summed E-state index contributed by atoms with van der Waals surface area (Å²) in [5.41, 5.74) is 0.606. The molecule has 0 aliphatic heterocycles. The first-order chi connectivity index (χ1) is 5.65. The normalized spacial score (nSPS) is 16.1. The minimum absolute atomic E-state index is 0.127. The van der Waals surface area contributed by atoms with Gasteiger partial charge in [0.05, 0.1) is 19.8 Å². The standard InChI is InChI=1S/C9H16O3/c1-4-9(12-3)8(6-10)5-7(2)11/h4-5,7,10-11H,6H2,1-3H3/b8-5-,9-4-. The number of allylic oxidation sites excluding steroid dienone is 1. The number of ether oxygens (including phenoxy) is 1. The Labute approximate surface area is 73.0 Å². The van der Waals surface area contributed by atoms with E-state index in [0.29, 0.717) is 11.3 Å². The fraction of sp³-hybridized carbons (Fsp3) is 0.556. The van der Waals surface area contributed by atoms with Gasteiger partial charge >= 0.3 is 0 Å². The van der Waals surface area contributed by atoms with Crippen LogP contribution in [0.1, 0.15) is 13.8 Å². The molecule has 0 spiro atoms. The third-order valence-electron chi connectivity index (χ3n) is 1.41. The van der Waals surface area contributed by atoms with Crippen molar-refractivity contribution in [3.63, 3.8) is 0 Å². The quantitative estimate of drug-likeness (QED) is 0.488. The summed E-state index contributed by atoms with van der Waals surface area (Å²) >= 11 is 0. The molecule has 1 unspecified atom stereocenters. The van der Waals surface area contributed by atoms with E-state index in [1.165, 1.54) is 7.11 Å². The third kappa shape index (κ3) is 3.55. The fourth-order valence-electron chi connectivity index (χ4n) is 0.938. The van der Waals surface area contributed by atoms with E-state index in [4.69, 9.17) is 14.9 Å². The van der Waals surface area contributed by atoms with Gasteiger partial charge in [0.15, 0.2) is 0 Å². The van der Waals surface area contributed by atoms with Gasteiger partial charge in [-0.1, -0.05) is 0 Å². The van der Waals surface area contributed by atoms with E-state index >= 15 is 0 Å². The molecule has 3 nitrogen and oxygen atoms in total. The average molecular weight is 172 g/mol. The lowest BCUT2D eigenvalue weighted by Gasteiger charge is -2.08. The van der Waals surface area contributed by atoms with E-state index < -0.39 is 6.10 Å². The number of aliphatic hydroxyl groups is 2. The first-order valence-corrected chi connectivity index (χ1v) is 3.86. The maximum absolute atomic E-state index is 9.02. The molecule has 0 fully saturated rings. The molecule has 0 saturated heterocycles. The minimum Gasteiger partial charge on any atom is -0.497 e. The summed E-state index contributed by atoms with van der Waals surface area (Å²) in [5.74, 6) is 0.596. The SMILES string of the molecule is C/C=C(OC)/C(=C\C(C)O)CO. The van der Waals surface area contributed by atoms with Crippen LogP contribution in [0.4, 0.5) is 0 Å². The summed E-state index contributed by atoms with van der Waals surface area (Å²) in [6.45, 7) is 3.31. The predicted molar refractivity (Wildman–Crippen MR) is 47.6 cm³/mol. The minimum atomic E-state index is -0.572. The van der Waals surface area contributed by atoms with Crippen molar-refractivity contribution in [2.45, 2.75) is 20.0 Å². The molecule has 0 heterocycles. The van der Waals surface area contributed by atoms with Crippen LogP contribution in [0.5, 0.6) is 0 Å². The van der Waals surface area contributed by atoms with Gasteiger partial charge in [-0.25, -0.2) is 0 Å². The van der Waals surface area contributed by atoms with Crippen molar-refractivity contribution in [1.82, 2.24) is 0 Å². The van der Waals surface area contributed by atoms with Crippen molar-refractivity contribution in [1.29, 1.82) is 0 Å². The largest absolute Gasteiger partial charge is 0.497 e. The molecule has 12 heavy (non-hydrogen) atoms. The molecule has 0 bridgehead atoms. The maximum atomic E-state index is 9.02. The van der Waals surface area contributed by atoms with E-state index in [1.54, 1.807) is 19.1 Å². The molecule has 0 aromatic carbocycles. The molecule has 0 amide bonds. The first kappa shape index (κ1) is 11.2. The number of hydrogen-bond donors (Lipinski definition) is 2. The highest BCUT2D eigenvalue weighted by molar-refractivity contribution is 5.26. The molecular formula is C9H16O3. The molecule has 0 rings (SSSR count). The van der Waals surface area contributed by atoms with Crippen LogP contribution in [0, 0.1) is 0 Å². The van der Waals surface area contributed by atoms with Gasteiger partial charge in [-0.2, -0.15) is 0 Å². The number of aliphatic hydroxyl groups excluding tert-OH is 2. The van der Waals surface area contributed by atoms with Crippen molar-refractivity contribution in [3.8, 4) is 0 Å². The molecule has 0 aromatic rings. The molecule has 1 atom stereocenters. The van der Waals surface area contributed by atoms with Crippen molar-refractivity contribution >= 4 is 0 Å². The molecule has 0 aromatic heterocycles. The highest BCUT2D eigenvalue weighted by Gasteiger charge is 2.03. The second-order valence-corrected chi connectivity index (χ2v) is 2.45. The smallest absolute Gasteiger partial charge is 0.119 e. The zero-order valence-corrected chi connectivity index (χ0v) is 7.74. The Morgan fingerprint density at radius 2 is 2.17 bits per heavy atom. The molecule has 0 saturated carbocycles. The molecule has 70 valence electrons. The monoisotopic (exact) mass is 172 g/mol. The van der Waals surface area contributed by atoms with Crippen molar-refractivity contribution in [2.24, 2.45) is 0 Å². The van der Waals surface area contributed by atoms with Crippen LogP contribution in [0.3, 0.4) is 0 Å². The van der Waals surface area contributed by atoms with Crippen molar-refractivity contribution in [3.05, 3.63) is 23.5 Å². The highest BCUT2D eigenvalue weighted by Crippen LogP contribution is 2.10. The van der Waals surface area contributed by atoms with Gasteiger partial charge in [-0.05, 0) is 26.0 Å². The van der Waals surface area contributed by atoms with Crippen LogP contribution in [-0.4, -0.2) is 30.0 Å². The molecule has 2 N–H and O–H groups in total. The first-order valence-electron chi connectivity index (χ1n) is 3.86. The van der Waals surface area contributed by atoms with E-state index in [9.17, 15) is 0 Å². The fourth-order valence-corrected chi connectivity index (χ4v) is 0.938. The third-order valence-corrected chi connectivity index (χ3v) is 1.41. The Balaban J connectivity index is 4.53. The molecule has 0 aliphatic rings. The summed E-state index contributed by atoms with van der Waals surface area (Å²) in [4.78, 5) is 0. The maximum Gasteiger partial charge on any atom is 0.119 e. The number of rotatable bonds is 4. The van der Waals surface area contributed by atoms with Gasteiger partial charge in [0.25, 0.3) is 0 Å². The molecule has 3 heteroatoms. The summed E-state index contributed by atoms with van der Waals surface area (Å²) in [7, 11) is 1.53. The second kappa shape index (κ2) is 5.80.